The number of aliphatic hydroxyl groups is 2. The summed E-state index contributed by atoms with van der Waals surface area (Å²) in [7, 11) is 1.60. The molecule has 1 heterocycles. The van der Waals surface area contributed by atoms with Gasteiger partial charge in [-0.1, -0.05) is 60.1 Å². The second-order valence-corrected chi connectivity index (χ2v) is 9.05. The smallest absolute Gasteiger partial charge is 0.138 e. The Morgan fingerprint density at radius 2 is 1.77 bits per heavy atom. The van der Waals surface area contributed by atoms with Crippen molar-refractivity contribution in [2.45, 2.75) is 43.9 Å². The van der Waals surface area contributed by atoms with Crippen LogP contribution in [0, 0.1) is 0 Å². The first kappa shape index (κ1) is 22.1. The molecule has 0 aliphatic carbocycles. The average Bonchev–Trinajstić information content (AvgIpc) is 2.79. The van der Waals surface area contributed by atoms with E-state index in [0.29, 0.717) is 30.0 Å². The third-order valence-corrected chi connectivity index (χ3v) is 7.03. The number of likely N-dealkylation sites (tertiary alicyclic amines) is 1. The lowest BCUT2D eigenvalue weighted by atomic mass is 9.84. The maximum atomic E-state index is 11.1. The van der Waals surface area contributed by atoms with Crippen molar-refractivity contribution in [2.24, 2.45) is 0 Å². The fraction of sp³-hybridized carbons (Fsp3) is 0.385. The minimum Gasteiger partial charge on any atom is -0.495 e. The van der Waals surface area contributed by atoms with Gasteiger partial charge >= 0.3 is 0 Å². The Bertz CT molecular complexity index is 1030. The predicted molar refractivity (Wildman–Crippen MR) is 126 cm³/mol. The average molecular weight is 440 g/mol. The second kappa shape index (κ2) is 9.17. The van der Waals surface area contributed by atoms with E-state index in [1.165, 1.54) is 0 Å². The van der Waals surface area contributed by atoms with Crippen LogP contribution in [0.15, 0.2) is 60.7 Å². The van der Waals surface area contributed by atoms with Gasteiger partial charge in [-0.2, -0.15) is 0 Å². The van der Waals surface area contributed by atoms with E-state index in [-0.39, 0.29) is 6.04 Å². The Labute approximate surface area is 189 Å². The van der Waals surface area contributed by atoms with Crippen molar-refractivity contribution in [3.8, 4) is 5.75 Å². The summed E-state index contributed by atoms with van der Waals surface area (Å²) in [6.07, 6.45) is 1.46. The highest BCUT2D eigenvalue weighted by atomic mass is 35.5. The number of methoxy groups -OCH3 is 1. The molecule has 2 N–H and O–H groups in total. The molecule has 5 heteroatoms. The van der Waals surface area contributed by atoms with E-state index in [0.717, 1.165) is 35.0 Å². The van der Waals surface area contributed by atoms with Crippen molar-refractivity contribution < 1.29 is 14.9 Å². The van der Waals surface area contributed by atoms with Crippen LogP contribution in [0.2, 0.25) is 5.02 Å². The van der Waals surface area contributed by atoms with Crippen molar-refractivity contribution >= 4 is 22.4 Å². The third-order valence-electron chi connectivity index (χ3n) is 6.64. The summed E-state index contributed by atoms with van der Waals surface area (Å²) in [6.45, 7) is 3.58. The van der Waals surface area contributed by atoms with Crippen LogP contribution in [0.3, 0.4) is 0 Å². The first-order valence-corrected chi connectivity index (χ1v) is 11.2. The minimum absolute atomic E-state index is 0.0487. The quantitative estimate of drug-likeness (QED) is 0.568. The maximum Gasteiger partial charge on any atom is 0.138 e. The largest absolute Gasteiger partial charge is 0.495 e. The van der Waals surface area contributed by atoms with E-state index in [9.17, 15) is 10.2 Å². The summed E-state index contributed by atoms with van der Waals surface area (Å²) < 4.78 is 5.29. The third kappa shape index (κ3) is 4.73. The number of piperidine rings is 1. The lowest BCUT2D eigenvalue weighted by molar-refractivity contribution is -0.0456. The molecule has 0 radical (unpaired) electrons. The van der Waals surface area contributed by atoms with Gasteiger partial charge in [0.2, 0.25) is 0 Å². The van der Waals surface area contributed by atoms with Gasteiger partial charge in [0.1, 0.15) is 5.75 Å². The molecule has 3 aromatic carbocycles. The monoisotopic (exact) mass is 439 g/mol. The van der Waals surface area contributed by atoms with Gasteiger partial charge in [-0.3, -0.25) is 4.90 Å². The first-order valence-electron chi connectivity index (χ1n) is 10.8. The standard InChI is InChI=1S/C26H30ClNO3/c1-18(28-14-12-26(30,13-15-28)17-19-6-4-3-5-7-19)25(29)21-8-10-22-20(16-21)9-11-23(31-2)24(22)27/h3-11,16,18,25,29-30H,12-15,17H2,1-2H3/t18-,25+/m0/s1. The number of fused-ring (bicyclic) bond motifs is 1. The van der Waals surface area contributed by atoms with Crippen molar-refractivity contribution in [3.05, 3.63) is 76.8 Å². The number of hydrogen-bond donors (Lipinski definition) is 2. The van der Waals surface area contributed by atoms with Crippen molar-refractivity contribution in [3.63, 3.8) is 0 Å². The summed E-state index contributed by atoms with van der Waals surface area (Å²) in [6, 6.07) is 19.8. The number of ether oxygens (including phenoxy) is 1. The number of nitrogens with zero attached hydrogens (tertiary/aromatic N) is 1. The van der Waals surface area contributed by atoms with Gasteiger partial charge in [0.05, 0.1) is 23.8 Å². The Morgan fingerprint density at radius 3 is 2.45 bits per heavy atom. The van der Waals surface area contributed by atoms with Crippen LogP contribution in [0.25, 0.3) is 10.8 Å². The van der Waals surface area contributed by atoms with Crippen molar-refractivity contribution in [1.29, 1.82) is 0 Å². The second-order valence-electron chi connectivity index (χ2n) is 8.67. The molecule has 1 saturated heterocycles. The highest BCUT2D eigenvalue weighted by Gasteiger charge is 2.35. The van der Waals surface area contributed by atoms with E-state index in [1.54, 1.807) is 7.11 Å². The van der Waals surface area contributed by atoms with E-state index in [1.807, 2.05) is 48.5 Å². The topological polar surface area (TPSA) is 52.9 Å². The Morgan fingerprint density at radius 1 is 1.06 bits per heavy atom. The number of hydrogen-bond acceptors (Lipinski definition) is 4. The SMILES string of the molecule is COc1ccc2cc([C@H](O)[C@H](C)N3CCC(O)(Cc4ccccc4)CC3)ccc2c1Cl. The highest BCUT2D eigenvalue weighted by Crippen LogP contribution is 2.35. The van der Waals surface area contributed by atoms with Gasteiger partial charge in [-0.15, -0.1) is 0 Å². The van der Waals surface area contributed by atoms with Crippen molar-refractivity contribution in [1.82, 2.24) is 4.90 Å². The summed E-state index contributed by atoms with van der Waals surface area (Å²) in [4.78, 5) is 2.27. The lowest BCUT2D eigenvalue weighted by Gasteiger charge is -2.42. The molecular formula is C26H30ClNO3. The Hall–Kier alpha value is -2.11. The Balaban J connectivity index is 1.43. The van der Waals surface area contributed by atoms with E-state index in [2.05, 4.69) is 24.0 Å². The molecule has 4 rings (SSSR count). The molecular weight excluding hydrogens is 410 g/mol. The van der Waals surface area contributed by atoms with Gasteiger partial charge in [0, 0.05) is 30.9 Å². The van der Waals surface area contributed by atoms with Gasteiger partial charge in [0.25, 0.3) is 0 Å². The zero-order chi connectivity index (χ0) is 22.0. The van der Waals surface area contributed by atoms with Gasteiger partial charge in [0.15, 0.2) is 0 Å². The summed E-state index contributed by atoms with van der Waals surface area (Å²) >= 11 is 6.42. The van der Waals surface area contributed by atoms with E-state index >= 15 is 0 Å². The summed E-state index contributed by atoms with van der Waals surface area (Å²) in [5, 5.41) is 24.6. The summed E-state index contributed by atoms with van der Waals surface area (Å²) in [5.41, 5.74) is 1.35. The van der Waals surface area contributed by atoms with E-state index < -0.39 is 11.7 Å². The Kier molecular flexibility index (Phi) is 6.54. The van der Waals surface area contributed by atoms with Crippen LogP contribution < -0.4 is 4.74 Å². The number of benzene rings is 3. The normalized spacial score (nSPS) is 18.6. The number of rotatable bonds is 6. The molecule has 0 spiro atoms. The molecule has 0 amide bonds. The predicted octanol–water partition coefficient (Wildman–Crippen LogP) is 4.99. The molecule has 1 fully saturated rings. The molecule has 1 aliphatic heterocycles. The fourth-order valence-corrected chi connectivity index (χ4v) is 4.92. The molecule has 0 saturated carbocycles. The molecule has 0 bridgehead atoms. The van der Waals surface area contributed by atoms with Crippen molar-refractivity contribution in [2.75, 3.05) is 20.2 Å². The fourth-order valence-electron chi connectivity index (χ4n) is 4.61. The minimum atomic E-state index is -0.679. The zero-order valence-electron chi connectivity index (χ0n) is 18.1. The zero-order valence-corrected chi connectivity index (χ0v) is 18.8. The maximum absolute atomic E-state index is 11.1. The number of halogens is 1. The van der Waals surface area contributed by atoms with Crippen LogP contribution in [0.1, 0.15) is 37.0 Å². The first-order chi connectivity index (χ1) is 14.9. The van der Waals surface area contributed by atoms with Gasteiger partial charge in [-0.25, -0.2) is 0 Å². The van der Waals surface area contributed by atoms with Gasteiger partial charge in [-0.05, 0) is 48.4 Å². The summed E-state index contributed by atoms with van der Waals surface area (Å²) in [5.74, 6) is 0.645. The van der Waals surface area contributed by atoms with Crippen LogP contribution in [-0.2, 0) is 6.42 Å². The molecule has 3 aromatic rings. The van der Waals surface area contributed by atoms with Crippen LogP contribution in [0.4, 0.5) is 0 Å². The number of aliphatic hydroxyl groups excluding tert-OH is 1. The van der Waals surface area contributed by atoms with Gasteiger partial charge < -0.3 is 14.9 Å². The molecule has 31 heavy (non-hydrogen) atoms. The lowest BCUT2D eigenvalue weighted by Crippen LogP contribution is -2.49. The molecule has 0 aromatic heterocycles. The van der Waals surface area contributed by atoms with Crippen LogP contribution in [-0.4, -0.2) is 47.0 Å². The highest BCUT2D eigenvalue weighted by molar-refractivity contribution is 6.37. The van der Waals surface area contributed by atoms with Crippen LogP contribution in [0.5, 0.6) is 5.75 Å². The van der Waals surface area contributed by atoms with Crippen LogP contribution >= 0.6 is 11.6 Å². The molecule has 2 atom stereocenters. The molecule has 4 nitrogen and oxygen atoms in total. The molecule has 1 aliphatic rings. The van der Waals surface area contributed by atoms with E-state index in [4.69, 9.17) is 16.3 Å². The molecule has 0 unspecified atom stereocenters. The molecule has 164 valence electrons.